The molecule has 1 N–H and O–H groups in total. The number of rotatable bonds is 5. The van der Waals surface area contributed by atoms with Crippen LogP contribution in [0.4, 0.5) is 10.8 Å². The highest BCUT2D eigenvalue weighted by Gasteiger charge is 2.21. The van der Waals surface area contributed by atoms with Gasteiger partial charge >= 0.3 is 0 Å². The quantitative estimate of drug-likeness (QED) is 0.437. The first-order valence-electron chi connectivity index (χ1n) is 9.55. The number of thiazole rings is 1. The Morgan fingerprint density at radius 2 is 2.28 bits per heavy atom. The summed E-state index contributed by atoms with van der Waals surface area (Å²) in [7, 11) is 0. The lowest BCUT2D eigenvalue weighted by atomic mass is 10.0. The molecule has 1 amide bonds. The highest BCUT2D eigenvalue weighted by Crippen LogP contribution is 2.35. The molecule has 0 spiro atoms. The molecular formula is C20H22ClN5OS2. The molecule has 2 aromatic heterocycles. The molecule has 0 saturated carbocycles. The molecule has 1 aromatic carbocycles. The minimum absolute atomic E-state index is 0.101. The number of nitrogens with zero attached hydrogens (tertiary/aromatic N) is 4. The van der Waals surface area contributed by atoms with Crippen molar-refractivity contribution in [1.29, 1.82) is 0 Å². The Bertz CT molecular complexity index is 1040. The summed E-state index contributed by atoms with van der Waals surface area (Å²) in [5.74, 6) is 0.830. The summed E-state index contributed by atoms with van der Waals surface area (Å²) in [5, 5.41) is 5.30. The average molecular weight is 448 g/mol. The predicted molar refractivity (Wildman–Crippen MR) is 121 cm³/mol. The third-order valence-electron chi connectivity index (χ3n) is 4.87. The summed E-state index contributed by atoms with van der Waals surface area (Å²) >= 11 is 9.14. The maximum atomic E-state index is 12.4. The summed E-state index contributed by atoms with van der Waals surface area (Å²) < 4.78 is 0.942. The molecule has 0 unspecified atom stereocenters. The van der Waals surface area contributed by atoms with Crippen LogP contribution in [0.2, 0.25) is 5.02 Å². The number of hydrogen-bond donors (Lipinski definition) is 1. The second-order valence-electron chi connectivity index (χ2n) is 7.32. The molecule has 1 aliphatic heterocycles. The highest BCUT2D eigenvalue weighted by molar-refractivity contribution is 8.00. The zero-order chi connectivity index (χ0) is 20.4. The van der Waals surface area contributed by atoms with Gasteiger partial charge in [0.2, 0.25) is 5.91 Å². The maximum absolute atomic E-state index is 12.4. The highest BCUT2D eigenvalue weighted by atomic mass is 35.5. The molecule has 9 heteroatoms. The normalized spacial score (nSPS) is 16.9. The molecule has 1 fully saturated rings. The van der Waals surface area contributed by atoms with Crippen molar-refractivity contribution in [2.75, 3.05) is 29.1 Å². The summed E-state index contributed by atoms with van der Waals surface area (Å²) in [6.07, 6.45) is 3.97. The zero-order valence-corrected chi connectivity index (χ0v) is 18.7. The fourth-order valence-electron chi connectivity index (χ4n) is 3.33. The number of halogens is 1. The van der Waals surface area contributed by atoms with E-state index in [4.69, 9.17) is 16.6 Å². The summed E-state index contributed by atoms with van der Waals surface area (Å²) in [6, 6.07) is 5.50. The molecule has 0 aliphatic carbocycles. The summed E-state index contributed by atoms with van der Waals surface area (Å²) in [6.45, 7) is 6.26. The van der Waals surface area contributed by atoms with Crippen molar-refractivity contribution in [1.82, 2.24) is 15.0 Å². The average Bonchev–Trinajstić information content (AvgIpc) is 3.14. The lowest BCUT2D eigenvalue weighted by molar-refractivity contribution is -0.113. The molecule has 4 rings (SSSR count). The van der Waals surface area contributed by atoms with Crippen LogP contribution in [-0.4, -0.2) is 39.7 Å². The van der Waals surface area contributed by atoms with Gasteiger partial charge in [-0.25, -0.2) is 9.97 Å². The van der Waals surface area contributed by atoms with Gasteiger partial charge in [-0.1, -0.05) is 47.7 Å². The van der Waals surface area contributed by atoms with Crippen LogP contribution in [0, 0.1) is 12.8 Å². The van der Waals surface area contributed by atoms with E-state index >= 15 is 0 Å². The number of fused-ring (bicyclic) bond motifs is 1. The van der Waals surface area contributed by atoms with Gasteiger partial charge in [0.1, 0.15) is 16.1 Å². The Morgan fingerprint density at radius 3 is 3.07 bits per heavy atom. The van der Waals surface area contributed by atoms with Gasteiger partial charge < -0.3 is 10.2 Å². The van der Waals surface area contributed by atoms with E-state index < -0.39 is 0 Å². The van der Waals surface area contributed by atoms with Crippen LogP contribution in [0.25, 0.3) is 10.3 Å². The van der Waals surface area contributed by atoms with E-state index in [-0.39, 0.29) is 11.7 Å². The van der Waals surface area contributed by atoms with Gasteiger partial charge in [0.25, 0.3) is 0 Å². The number of thioether (sulfide) groups is 1. The van der Waals surface area contributed by atoms with Crippen molar-refractivity contribution in [2.24, 2.45) is 5.92 Å². The second-order valence-corrected chi connectivity index (χ2v) is 9.67. The molecule has 29 heavy (non-hydrogen) atoms. The molecular weight excluding hydrogens is 426 g/mol. The maximum Gasteiger partial charge on any atom is 0.234 e. The minimum atomic E-state index is -0.101. The molecule has 0 radical (unpaired) electrons. The van der Waals surface area contributed by atoms with Gasteiger partial charge in [-0.05, 0) is 43.4 Å². The fourth-order valence-corrected chi connectivity index (χ4v) is 5.43. The van der Waals surface area contributed by atoms with Crippen LogP contribution in [0.3, 0.4) is 0 Å². The predicted octanol–water partition coefficient (Wildman–Crippen LogP) is 5.02. The summed E-state index contributed by atoms with van der Waals surface area (Å²) in [5.41, 5.74) is 2.37. The number of anilines is 2. The van der Waals surface area contributed by atoms with Gasteiger partial charge in [-0.3, -0.25) is 4.79 Å². The Morgan fingerprint density at radius 1 is 1.41 bits per heavy atom. The monoisotopic (exact) mass is 447 g/mol. The topological polar surface area (TPSA) is 71.0 Å². The Labute approximate surface area is 183 Å². The summed E-state index contributed by atoms with van der Waals surface area (Å²) in [4.78, 5) is 28.1. The first-order chi connectivity index (χ1) is 14.0. The number of hydrogen-bond acceptors (Lipinski definition) is 7. The van der Waals surface area contributed by atoms with E-state index in [0.717, 1.165) is 33.5 Å². The largest absolute Gasteiger partial charge is 0.348 e. The van der Waals surface area contributed by atoms with Crippen LogP contribution in [0.1, 0.15) is 25.3 Å². The van der Waals surface area contributed by atoms with Crippen LogP contribution < -0.4 is 10.2 Å². The number of carbonyl (C=O) groups excluding carboxylic acids is 1. The van der Waals surface area contributed by atoms with Crippen molar-refractivity contribution in [2.45, 2.75) is 31.7 Å². The van der Waals surface area contributed by atoms with E-state index in [1.165, 1.54) is 30.9 Å². The van der Waals surface area contributed by atoms with Crippen molar-refractivity contribution < 1.29 is 4.79 Å². The van der Waals surface area contributed by atoms with E-state index in [0.29, 0.717) is 22.3 Å². The van der Waals surface area contributed by atoms with Crippen LogP contribution in [0.15, 0.2) is 29.6 Å². The smallest absolute Gasteiger partial charge is 0.234 e. The van der Waals surface area contributed by atoms with E-state index in [1.54, 1.807) is 17.4 Å². The second kappa shape index (κ2) is 8.85. The third kappa shape index (κ3) is 4.82. The molecule has 6 nitrogen and oxygen atoms in total. The SMILES string of the molecule is Cc1ccc(NC(=O)CSc2ncnc3nc(N4CCC[C@H](C)C4)sc23)cc1Cl. The van der Waals surface area contributed by atoms with E-state index in [9.17, 15) is 4.79 Å². The van der Waals surface area contributed by atoms with Gasteiger partial charge in [0.15, 0.2) is 10.8 Å². The van der Waals surface area contributed by atoms with Crippen molar-refractivity contribution in [3.05, 3.63) is 35.1 Å². The number of benzene rings is 1. The zero-order valence-electron chi connectivity index (χ0n) is 16.3. The molecule has 1 atom stereocenters. The number of amides is 1. The molecule has 152 valence electrons. The number of piperidine rings is 1. The first kappa shape index (κ1) is 20.4. The number of aryl methyl sites for hydroxylation is 1. The number of aromatic nitrogens is 3. The molecule has 1 saturated heterocycles. The molecule has 0 bridgehead atoms. The van der Waals surface area contributed by atoms with E-state index in [2.05, 4.69) is 27.1 Å². The Kier molecular flexibility index (Phi) is 6.22. The van der Waals surface area contributed by atoms with Crippen molar-refractivity contribution in [3.8, 4) is 0 Å². The standard InChI is InChI=1S/C20H22ClN5OS2/c1-12-4-3-7-26(9-12)20-25-18-17(29-20)19(23-11-22-18)28-10-16(27)24-14-6-5-13(2)15(21)8-14/h5-6,8,11-12H,3-4,7,9-10H2,1-2H3,(H,24,27)/t12-/m0/s1. The van der Waals surface area contributed by atoms with E-state index in [1.807, 2.05) is 19.1 Å². The molecule has 1 aliphatic rings. The van der Waals surface area contributed by atoms with Crippen LogP contribution >= 0.6 is 34.7 Å². The van der Waals surface area contributed by atoms with Crippen LogP contribution in [-0.2, 0) is 4.79 Å². The number of carbonyl (C=O) groups is 1. The first-order valence-corrected chi connectivity index (χ1v) is 11.7. The lowest BCUT2D eigenvalue weighted by Gasteiger charge is -2.30. The third-order valence-corrected chi connectivity index (χ3v) is 7.51. The fraction of sp³-hybridized carbons (Fsp3) is 0.400. The molecule has 3 aromatic rings. The van der Waals surface area contributed by atoms with Gasteiger partial charge in [-0.2, -0.15) is 4.98 Å². The van der Waals surface area contributed by atoms with Gasteiger partial charge in [-0.15, -0.1) is 0 Å². The van der Waals surface area contributed by atoms with Crippen LogP contribution in [0.5, 0.6) is 0 Å². The van der Waals surface area contributed by atoms with Gasteiger partial charge in [0, 0.05) is 23.8 Å². The Hall–Kier alpha value is -1.90. The Balaban J connectivity index is 1.44. The van der Waals surface area contributed by atoms with Gasteiger partial charge in [0.05, 0.1) is 5.75 Å². The number of nitrogens with one attached hydrogen (secondary N) is 1. The minimum Gasteiger partial charge on any atom is -0.348 e. The van der Waals surface area contributed by atoms with Crippen molar-refractivity contribution in [3.63, 3.8) is 0 Å². The van der Waals surface area contributed by atoms with Crippen molar-refractivity contribution >= 4 is 61.8 Å². The molecule has 3 heterocycles. The lowest BCUT2D eigenvalue weighted by Crippen LogP contribution is -2.34.